The van der Waals surface area contributed by atoms with Gasteiger partial charge in [0, 0.05) is 77.7 Å². The minimum Gasteiger partial charge on any atom is -0.383 e. The molecule has 0 saturated carbocycles. The van der Waals surface area contributed by atoms with Gasteiger partial charge in [0.25, 0.3) is 10.2 Å². The highest BCUT2D eigenvalue weighted by atomic mass is 35.5. The van der Waals surface area contributed by atoms with E-state index < -0.39 is 20.2 Å². The molecule has 2 aliphatic heterocycles. The van der Waals surface area contributed by atoms with E-state index in [9.17, 15) is 16.8 Å². The number of fused-ring (bicyclic) bond motifs is 1. The van der Waals surface area contributed by atoms with Gasteiger partial charge in [-0.3, -0.25) is 0 Å². The minimum atomic E-state index is -3.79. The van der Waals surface area contributed by atoms with Crippen LogP contribution in [0, 0.1) is 5.92 Å². The lowest BCUT2D eigenvalue weighted by Gasteiger charge is -2.36. The van der Waals surface area contributed by atoms with Crippen LogP contribution < -0.4 is 4.90 Å². The molecule has 2 aromatic carbocycles. The summed E-state index contributed by atoms with van der Waals surface area (Å²) in [5.74, 6) is -0.217. The molecule has 43 heavy (non-hydrogen) atoms. The summed E-state index contributed by atoms with van der Waals surface area (Å²) in [4.78, 5) is 4.40. The predicted molar refractivity (Wildman–Crippen MR) is 172 cm³/mol. The Morgan fingerprint density at radius 1 is 0.860 bits per heavy atom. The van der Waals surface area contributed by atoms with E-state index in [0.717, 1.165) is 16.8 Å². The van der Waals surface area contributed by atoms with Gasteiger partial charge in [-0.25, -0.2) is 8.42 Å². The Hall–Kier alpha value is -1.77. The van der Waals surface area contributed by atoms with Gasteiger partial charge in [-0.05, 0) is 85.8 Å². The van der Waals surface area contributed by atoms with E-state index in [4.69, 9.17) is 16.3 Å². The molecule has 1 atom stereocenters. The standard InChI is InChI=1S/C30H46ClN5O5S2/c1-25-22-34(42(37,38)30-11-9-29(10-12-30)32(2)3)16-5-14-33(19-20-41-4)15-6-17-35(23-25)43(39,40)36-18-13-26-21-28(31)8-7-27(26)24-36/h7-12,21,25H,5-6,13-20,22-24H2,1-4H3/t25-/m0/s1. The van der Waals surface area contributed by atoms with Crippen molar-refractivity contribution in [1.29, 1.82) is 0 Å². The SMILES string of the molecule is COCCN1CCCN(S(=O)(=O)c2ccc(N(C)C)cc2)C[C@H](C)CN(S(=O)(=O)N2CCc3cc(Cl)ccc3C2)CCC1. The summed E-state index contributed by atoms with van der Waals surface area (Å²) < 4.78 is 65.9. The predicted octanol–water partition coefficient (Wildman–Crippen LogP) is 3.38. The summed E-state index contributed by atoms with van der Waals surface area (Å²) >= 11 is 6.17. The first-order chi connectivity index (χ1) is 20.4. The van der Waals surface area contributed by atoms with Crippen LogP contribution in [-0.4, -0.2) is 115 Å². The number of hydrogen-bond donors (Lipinski definition) is 0. The number of ether oxygens (including phenoxy) is 1. The lowest BCUT2D eigenvalue weighted by Crippen LogP contribution is -2.49. The van der Waals surface area contributed by atoms with Gasteiger partial charge in [0.1, 0.15) is 0 Å². The summed E-state index contributed by atoms with van der Waals surface area (Å²) in [6, 6.07) is 12.5. The molecule has 13 heteroatoms. The zero-order chi connectivity index (χ0) is 31.2. The second-order valence-corrected chi connectivity index (χ2v) is 16.1. The molecule has 2 aliphatic rings. The van der Waals surface area contributed by atoms with Crippen LogP contribution >= 0.6 is 11.6 Å². The number of anilines is 1. The molecule has 1 saturated heterocycles. The molecule has 2 heterocycles. The molecule has 0 bridgehead atoms. The number of halogens is 1. The quantitative estimate of drug-likeness (QED) is 0.431. The number of rotatable bonds is 8. The normalized spacial score (nSPS) is 21.1. The maximum absolute atomic E-state index is 14.1. The van der Waals surface area contributed by atoms with Crippen molar-refractivity contribution in [3.63, 3.8) is 0 Å². The molecule has 0 N–H and O–H groups in total. The van der Waals surface area contributed by atoms with Crippen LogP contribution in [0.1, 0.15) is 30.9 Å². The first-order valence-corrected chi connectivity index (χ1v) is 18.1. The molecule has 0 amide bonds. The maximum atomic E-state index is 14.1. The van der Waals surface area contributed by atoms with Gasteiger partial charge in [-0.1, -0.05) is 24.6 Å². The third kappa shape index (κ3) is 8.70. The van der Waals surface area contributed by atoms with E-state index in [2.05, 4.69) is 4.90 Å². The Morgan fingerprint density at radius 3 is 2.16 bits per heavy atom. The van der Waals surface area contributed by atoms with Crippen LogP contribution in [0.4, 0.5) is 5.69 Å². The number of nitrogens with zero attached hydrogens (tertiary/aromatic N) is 5. The first kappa shape index (κ1) is 34.1. The Bertz CT molecular complexity index is 1420. The zero-order valence-corrected chi connectivity index (χ0v) is 28.2. The van der Waals surface area contributed by atoms with Crippen LogP contribution in [0.2, 0.25) is 5.02 Å². The van der Waals surface area contributed by atoms with Crippen molar-refractivity contribution in [3.05, 3.63) is 58.6 Å². The lowest BCUT2D eigenvalue weighted by molar-refractivity contribution is 0.140. The van der Waals surface area contributed by atoms with Crippen molar-refractivity contribution in [1.82, 2.24) is 17.8 Å². The van der Waals surface area contributed by atoms with Crippen LogP contribution in [0.5, 0.6) is 0 Å². The Balaban J connectivity index is 1.58. The highest BCUT2D eigenvalue weighted by molar-refractivity contribution is 7.89. The molecule has 2 aromatic rings. The van der Waals surface area contributed by atoms with E-state index in [1.54, 1.807) is 46.1 Å². The number of benzene rings is 2. The summed E-state index contributed by atoms with van der Waals surface area (Å²) in [6.45, 7) is 6.42. The van der Waals surface area contributed by atoms with Gasteiger partial charge in [-0.15, -0.1) is 0 Å². The minimum absolute atomic E-state index is 0.217. The molecule has 10 nitrogen and oxygen atoms in total. The molecule has 240 valence electrons. The summed E-state index contributed by atoms with van der Waals surface area (Å²) in [6.07, 6.45) is 1.95. The molecular weight excluding hydrogens is 610 g/mol. The van der Waals surface area contributed by atoms with Gasteiger partial charge < -0.3 is 14.5 Å². The fraction of sp³-hybridized carbons (Fsp3) is 0.600. The first-order valence-electron chi connectivity index (χ1n) is 14.9. The van der Waals surface area contributed by atoms with Crippen molar-refractivity contribution in [3.8, 4) is 0 Å². The summed E-state index contributed by atoms with van der Waals surface area (Å²) in [5, 5.41) is 0.651. The average Bonchev–Trinajstić information content (AvgIpc) is 2.97. The van der Waals surface area contributed by atoms with E-state index >= 15 is 0 Å². The third-order valence-electron chi connectivity index (χ3n) is 8.19. The van der Waals surface area contributed by atoms with Crippen molar-refractivity contribution in [2.45, 2.75) is 37.6 Å². The fourth-order valence-corrected chi connectivity index (χ4v) is 9.33. The second-order valence-electron chi connectivity index (χ2n) is 11.8. The highest BCUT2D eigenvalue weighted by Crippen LogP contribution is 2.27. The van der Waals surface area contributed by atoms with Gasteiger partial charge in [0.05, 0.1) is 11.5 Å². The van der Waals surface area contributed by atoms with E-state index in [1.165, 1.54) is 4.31 Å². The molecule has 0 spiro atoms. The van der Waals surface area contributed by atoms with Crippen molar-refractivity contribution < 1.29 is 21.6 Å². The zero-order valence-electron chi connectivity index (χ0n) is 25.8. The van der Waals surface area contributed by atoms with E-state index in [1.807, 2.05) is 38.1 Å². The maximum Gasteiger partial charge on any atom is 0.282 e. The average molecular weight is 656 g/mol. The molecule has 0 aromatic heterocycles. The van der Waals surface area contributed by atoms with Gasteiger partial charge in [0.2, 0.25) is 10.0 Å². The number of sulfonamides is 1. The summed E-state index contributed by atoms with van der Waals surface area (Å²) in [7, 11) is -2.10. The van der Waals surface area contributed by atoms with Gasteiger partial charge in [-0.2, -0.15) is 21.3 Å². The Kier molecular flexibility index (Phi) is 11.9. The Morgan fingerprint density at radius 2 is 1.51 bits per heavy atom. The highest BCUT2D eigenvalue weighted by Gasteiger charge is 2.35. The van der Waals surface area contributed by atoms with Crippen LogP contribution in [0.3, 0.4) is 0 Å². The largest absolute Gasteiger partial charge is 0.383 e. The van der Waals surface area contributed by atoms with Crippen molar-refractivity contribution in [2.75, 3.05) is 85.1 Å². The van der Waals surface area contributed by atoms with Gasteiger partial charge >= 0.3 is 0 Å². The lowest BCUT2D eigenvalue weighted by atomic mass is 10.0. The number of hydrogen-bond acceptors (Lipinski definition) is 7. The summed E-state index contributed by atoms with van der Waals surface area (Å²) in [5.41, 5.74) is 2.96. The van der Waals surface area contributed by atoms with Crippen LogP contribution in [0.15, 0.2) is 47.4 Å². The van der Waals surface area contributed by atoms with Crippen molar-refractivity contribution >= 4 is 37.5 Å². The molecule has 0 aliphatic carbocycles. The second kappa shape index (κ2) is 15.0. The van der Waals surface area contributed by atoms with Crippen molar-refractivity contribution in [2.24, 2.45) is 5.92 Å². The monoisotopic (exact) mass is 655 g/mol. The number of methoxy groups -OCH3 is 1. The third-order valence-corrected chi connectivity index (χ3v) is 12.3. The molecular formula is C30H46ClN5O5S2. The van der Waals surface area contributed by atoms with E-state index in [-0.39, 0.29) is 23.9 Å². The van der Waals surface area contributed by atoms with Gasteiger partial charge in [0.15, 0.2) is 0 Å². The molecule has 0 radical (unpaired) electrons. The fourth-order valence-electron chi connectivity index (χ4n) is 5.78. The smallest absolute Gasteiger partial charge is 0.282 e. The molecule has 4 rings (SSSR count). The molecule has 0 unspecified atom stereocenters. The Labute approximate surface area is 263 Å². The van der Waals surface area contributed by atoms with Crippen LogP contribution in [-0.2, 0) is 37.9 Å². The topological polar surface area (TPSA) is 93.7 Å². The van der Waals surface area contributed by atoms with Crippen LogP contribution in [0.25, 0.3) is 0 Å². The van der Waals surface area contributed by atoms with E-state index in [0.29, 0.717) is 76.7 Å². The molecule has 1 fully saturated rings.